The lowest BCUT2D eigenvalue weighted by molar-refractivity contribution is 0.601. The lowest BCUT2D eigenvalue weighted by Gasteiger charge is -2.11. The number of nitrogens with one attached hydrogen (secondary N) is 1. The molecule has 0 atom stereocenters. The van der Waals surface area contributed by atoms with Crippen molar-refractivity contribution in [2.45, 2.75) is 11.8 Å². The maximum atomic E-state index is 12.6. The molecule has 1 heterocycles. The SMILES string of the molecule is Cc1ccc2cccc(NS(=O)(=O)c3ccc(Cl)cc3Cl)c2n1. The van der Waals surface area contributed by atoms with E-state index in [0.29, 0.717) is 16.2 Å². The molecule has 1 aromatic heterocycles. The molecule has 1 N–H and O–H groups in total. The van der Waals surface area contributed by atoms with Gasteiger partial charge in [-0.3, -0.25) is 9.71 Å². The zero-order chi connectivity index (χ0) is 16.6. The van der Waals surface area contributed by atoms with Gasteiger partial charge in [-0.15, -0.1) is 0 Å². The van der Waals surface area contributed by atoms with Crippen LogP contribution in [0.5, 0.6) is 0 Å². The van der Waals surface area contributed by atoms with Crippen molar-refractivity contribution in [2.24, 2.45) is 0 Å². The van der Waals surface area contributed by atoms with Gasteiger partial charge in [-0.05, 0) is 37.3 Å². The lowest BCUT2D eigenvalue weighted by atomic mass is 10.2. The topological polar surface area (TPSA) is 59.1 Å². The molecule has 0 saturated carbocycles. The average Bonchev–Trinajstić information content (AvgIpc) is 2.47. The Hall–Kier alpha value is -1.82. The van der Waals surface area contributed by atoms with Crippen molar-refractivity contribution < 1.29 is 8.42 Å². The number of hydrogen-bond donors (Lipinski definition) is 1. The van der Waals surface area contributed by atoms with Gasteiger partial charge >= 0.3 is 0 Å². The van der Waals surface area contributed by atoms with Gasteiger partial charge in [-0.1, -0.05) is 41.4 Å². The summed E-state index contributed by atoms with van der Waals surface area (Å²) >= 11 is 11.8. The largest absolute Gasteiger partial charge is 0.277 e. The Labute approximate surface area is 144 Å². The molecule has 0 aliphatic rings. The monoisotopic (exact) mass is 366 g/mol. The van der Waals surface area contributed by atoms with Crippen LogP contribution in [0.1, 0.15) is 5.69 Å². The molecule has 0 aliphatic carbocycles. The van der Waals surface area contributed by atoms with E-state index >= 15 is 0 Å². The van der Waals surface area contributed by atoms with E-state index in [0.717, 1.165) is 11.1 Å². The lowest BCUT2D eigenvalue weighted by Crippen LogP contribution is -2.14. The van der Waals surface area contributed by atoms with Gasteiger partial charge in [0, 0.05) is 16.1 Å². The van der Waals surface area contributed by atoms with Gasteiger partial charge in [-0.2, -0.15) is 0 Å². The van der Waals surface area contributed by atoms with Crippen molar-refractivity contribution in [1.29, 1.82) is 0 Å². The predicted molar refractivity (Wildman–Crippen MR) is 93.8 cm³/mol. The Morgan fingerprint density at radius 3 is 2.57 bits per heavy atom. The third kappa shape index (κ3) is 3.27. The maximum absolute atomic E-state index is 12.6. The first kappa shape index (κ1) is 16.1. The Morgan fingerprint density at radius 2 is 1.83 bits per heavy atom. The number of para-hydroxylation sites is 1. The molecule has 0 bridgehead atoms. The molecule has 3 aromatic rings. The van der Waals surface area contributed by atoms with Gasteiger partial charge in [0.1, 0.15) is 4.90 Å². The van der Waals surface area contributed by atoms with E-state index in [1.807, 2.05) is 25.1 Å². The number of halogens is 2. The molecule has 4 nitrogen and oxygen atoms in total. The van der Waals surface area contributed by atoms with Gasteiger partial charge in [-0.25, -0.2) is 8.42 Å². The Morgan fingerprint density at radius 1 is 1.04 bits per heavy atom. The molecule has 118 valence electrons. The molecule has 0 spiro atoms. The number of aromatic nitrogens is 1. The van der Waals surface area contributed by atoms with Crippen LogP contribution in [0.2, 0.25) is 10.0 Å². The number of fused-ring (bicyclic) bond motifs is 1. The van der Waals surface area contributed by atoms with Crippen LogP contribution < -0.4 is 4.72 Å². The van der Waals surface area contributed by atoms with E-state index in [2.05, 4.69) is 9.71 Å². The van der Waals surface area contributed by atoms with Crippen molar-refractivity contribution in [2.75, 3.05) is 4.72 Å². The Balaban J connectivity index is 2.09. The van der Waals surface area contributed by atoms with Gasteiger partial charge in [0.25, 0.3) is 10.0 Å². The van der Waals surface area contributed by atoms with Crippen molar-refractivity contribution in [3.05, 3.63) is 64.3 Å². The third-order valence-corrected chi connectivity index (χ3v) is 5.37. The average molecular weight is 367 g/mol. The molecule has 0 saturated heterocycles. The van der Waals surface area contributed by atoms with Crippen LogP contribution >= 0.6 is 23.2 Å². The fraction of sp³-hybridized carbons (Fsp3) is 0.0625. The van der Waals surface area contributed by atoms with E-state index < -0.39 is 10.0 Å². The van der Waals surface area contributed by atoms with Crippen molar-refractivity contribution >= 4 is 49.8 Å². The predicted octanol–water partition coefficient (Wildman–Crippen LogP) is 4.65. The second kappa shape index (κ2) is 6.00. The second-order valence-corrected chi connectivity index (χ2v) is 7.50. The zero-order valence-electron chi connectivity index (χ0n) is 12.0. The van der Waals surface area contributed by atoms with Crippen molar-refractivity contribution in [3.63, 3.8) is 0 Å². The number of hydrogen-bond acceptors (Lipinski definition) is 3. The fourth-order valence-corrected chi connectivity index (χ4v) is 4.06. The smallest absolute Gasteiger partial charge is 0.263 e. The number of anilines is 1. The van der Waals surface area contributed by atoms with Crippen LogP contribution in [0.4, 0.5) is 5.69 Å². The van der Waals surface area contributed by atoms with Crippen molar-refractivity contribution in [3.8, 4) is 0 Å². The molecule has 3 rings (SSSR count). The maximum Gasteiger partial charge on any atom is 0.263 e. The molecule has 2 aromatic carbocycles. The summed E-state index contributed by atoms with van der Waals surface area (Å²) in [6, 6.07) is 13.3. The molecule has 0 radical (unpaired) electrons. The van der Waals surface area contributed by atoms with Crippen LogP contribution in [0.3, 0.4) is 0 Å². The molecule has 0 aliphatic heterocycles. The number of pyridine rings is 1. The van der Waals surface area contributed by atoms with Crippen molar-refractivity contribution in [1.82, 2.24) is 4.98 Å². The minimum Gasteiger partial charge on any atom is -0.277 e. The van der Waals surface area contributed by atoms with E-state index in [-0.39, 0.29) is 9.92 Å². The first-order chi connectivity index (χ1) is 10.9. The van der Waals surface area contributed by atoms with Gasteiger partial charge < -0.3 is 0 Å². The number of rotatable bonds is 3. The fourth-order valence-electron chi connectivity index (χ4n) is 2.22. The summed E-state index contributed by atoms with van der Waals surface area (Å²) in [6.45, 7) is 1.85. The number of sulfonamides is 1. The summed E-state index contributed by atoms with van der Waals surface area (Å²) < 4.78 is 27.7. The summed E-state index contributed by atoms with van der Waals surface area (Å²) in [5.41, 5.74) is 1.78. The highest BCUT2D eigenvalue weighted by Crippen LogP contribution is 2.29. The van der Waals surface area contributed by atoms with E-state index in [4.69, 9.17) is 23.2 Å². The first-order valence-electron chi connectivity index (χ1n) is 6.71. The summed E-state index contributed by atoms with van der Waals surface area (Å²) in [5, 5.41) is 1.28. The Kier molecular flexibility index (Phi) is 4.19. The zero-order valence-corrected chi connectivity index (χ0v) is 14.4. The molecule has 0 amide bonds. The quantitative estimate of drug-likeness (QED) is 0.733. The molecular weight excluding hydrogens is 355 g/mol. The number of aryl methyl sites for hydroxylation is 1. The van der Waals surface area contributed by atoms with Gasteiger partial charge in [0.2, 0.25) is 0 Å². The summed E-state index contributed by atoms with van der Waals surface area (Å²) in [4.78, 5) is 4.37. The van der Waals surface area contributed by atoms with E-state index in [1.54, 1.807) is 12.1 Å². The normalized spacial score (nSPS) is 11.6. The van der Waals surface area contributed by atoms with Gasteiger partial charge in [0.05, 0.1) is 16.2 Å². The van der Waals surface area contributed by atoms with Crippen LogP contribution in [0.15, 0.2) is 53.4 Å². The summed E-state index contributed by atoms with van der Waals surface area (Å²) in [6.07, 6.45) is 0. The van der Waals surface area contributed by atoms with Crippen LogP contribution in [0, 0.1) is 6.92 Å². The van der Waals surface area contributed by atoms with Crippen LogP contribution in [-0.2, 0) is 10.0 Å². The third-order valence-electron chi connectivity index (χ3n) is 3.29. The summed E-state index contributed by atoms with van der Waals surface area (Å²) in [5.74, 6) is 0. The second-order valence-electron chi connectivity index (χ2n) is 5.01. The molecular formula is C16H12Cl2N2O2S. The van der Waals surface area contributed by atoms with Crippen LogP contribution in [0.25, 0.3) is 10.9 Å². The first-order valence-corrected chi connectivity index (χ1v) is 8.95. The molecule has 0 unspecified atom stereocenters. The highest BCUT2D eigenvalue weighted by atomic mass is 35.5. The minimum atomic E-state index is -3.85. The number of nitrogens with zero attached hydrogens (tertiary/aromatic N) is 1. The van der Waals surface area contributed by atoms with Crippen LogP contribution in [-0.4, -0.2) is 13.4 Å². The number of benzene rings is 2. The molecule has 7 heteroatoms. The molecule has 0 fully saturated rings. The minimum absolute atomic E-state index is 0.0341. The van der Waals surface area contributed by atoms with E-state index in [1.165, 1.54) is 18.2 Å². The Bertz CT molecular complexity index is 1000. The highest BCUT2D eigenvalue weighted by Gasteiger charge is 2.19. The standard InChI is InChI=1S/C16H12Cl2N2O2S/c1-10-5-6-11-3-2-4-14(16(11)19-10)20-23(21,22)15-8-7-12(17)9-13(15)18/h2-9,20H,1H3. The van der Waals surface area contributed by atoms with E-state index in [9.17, 15) is 8.42 Å². The highest BCUT2D eigenvalue weighted by molar-refractivity contribution is 7.92. The molecule has 23 heavy (non-hydrogen) atoms. The summed E-state index contributed by atoms with van der Waals surface area (Å²) in [7, 11) is -3.85. The van der Waals surface area contributed by atoms with Gasteiger partial charge in [0.15, 0.2) is 0 Å².